The van der Waals surface area contributed by atoms with Crippen molar-refractivity contribution in [1.29, 1.82) is 0 Å². The molecule has 3 aromatic rings. The number of nitrogens with two attached hydrogens (primary N) is 1. The first-order chi connectivity index (χ1) is 12.2. The molecule has 2 heterocycles. The van der Waals surface area contributed by atoms with Crippen molar-refractivity contribution in [2.75, 3.05) is 24.6 Å². The Hall–Kier alpha value is -3.06. The van der Waals surface area contributed by atoms with Crippen LogP contribution in [-0.2, 0) is 0 Å². The number of nitrogens with zero attached hydrogens (tertiary/aromatic N) is 3. The molecule has 2 aromatic heterocycles. The number of likely N-dealkylation sites (N-methyl/N-ethyl adjacent to an activating group) is 1. The summed E-state index contributed by atoms with van der Waals surface area (Å²) < 4.78 is 13.5. The second-order valence-electron chi connectivity index (χ2n) is 5.51. The standard InChI is InChI=1S/C18H19FN6/c1-21-11-15(12-4-2-5-13(19)10-12)24-16-7-9-23-18(25-16)14-6-3-8-22-17(14)20/h2-10,15,21H,11H2,1H3,(H2,20,22)(H,23,24,25)/t15-/m1/s1. The molecule has 0 aliphatic rings. The van der Waals surface area contributed by atoms with Crippen LogP contribution in [0.25, 0.3) is 11.4 Å². The van der Waals surface area contributed by atoms with Crippen LogP contribution in [0.1, 0.15) is 11.6 Å². The Morgan fingerprint density at radius 2 is 2.00 bits per heavy atom. The molecule has 0 unspecified atom stereocenters. The van der Waals surface area contributed by atoms with E-state index in [4.69, 9.17) is 5.73 Å². The van der Waals surface area contributed by atoms with E-state index >= 15 is 0 Å². The highest BCUT2D eigenvalue weighted by atomic mass is 19.1. The first-order valence-corrected chi connectivity index (χ1v) is 7.88. The molecule has 0 aliphatic heterocycles. The molecule has 7 heteroatoms. The van der Waals surface area contributed by atoms with Crippen molar-refractivity contribution in [2.45, 2.75) is 6.04 Å². The molecule has 0 bridgehead atoms. The predicted molar refractivity (Wildman–Crippen MR) is 96.4 cm³/mol. The van der Waals surface area contributed by atoms with Crippen LogP contribution in [0.15, 0.2) is 54.9 Å². The van der Waals surface area contributed by atoms with Gasteiger partial charge >= 0.3 is 0 Å². The first kappa shape index (κ1) is 16.8. The normalized spacial score (nSPS) is 11.9. The molecule has 25 heavy (non-hydrogen) atoms. The highest BCUT2D eigenvalue weighted by Gasteiger charge is 2.13. The van der Waals surface area contributed by atoms with Crippen LogP contribution in [0.3, 0.4) is 0 Å². The summed E-state index contributed by atoms with van der Waals surface area (Å²) in [4.78, 5) is 12.8. The molecule has 0 spiro atoms. The lowest BCUT2D eigenvalue weighted by Crippen LogP contribution is -2.24. The molecule has 0 radical (unpaired) electrons. The monoisotopic (exact) mass is 338 g/mol. The number of halogens is 1. The van der Waals surface area contributed by atoms with Gasteiger partial charge in [-0.15, -0.1) is 0 Å². The van der Waals surface area contributed by atoms with E-state index in [2.05, 4.69) is 25.6 Å². The fourth-order valence-electron chi connectivity index (χ4n) is 2.53. The summed E-state index contributed by atoms with van der Waals surface area (Å²) in [6.45, 7) is 0.609. The van der Waals surface area contributed by atoms with Crippen molar-refractivity contribution >= 4 is 11.6 Å². The number of hydrogen-bond acceptors (Lipinski definition) is 6. The number of aromatic nitrogens is 3. The number of nitrogens with one attached hydrogen (secondary N) is 2. The minimum Gasteiger partial charge on any atom is -0.383 e. The fourth-order valence-corrected chi connectivity index (χ4v) is 2.53. The number of hydrogen-bond donors (Lipinski definition) is 3. The average molecular weight is 338 g/mol. The number of rotatable bonds is 6. The van der Waals surface area contributed by atoms with E-state index in [0.717, 1.165) is 5.56 Å². The topological polar surface area (TPSA) is 88.8 Å². The lowest BCUT2D eigenvalue weighted by molar-refractivity contribution is 0.618. The van der Waals surface area contributed by atoms with Crippen molar-refractivity contribution in [3.63, 3.8) is 0 Å². The maximum Gasteiger partial charge on any atom is 0.165 e. The van der Waals surface area contributed by atoms with Gasteiger partial charge in [0.05, 0.1) is 11.6 Å². The third kappa shape index (κ3) is 4.07. The molecule has 1 aromatic carbocycles. The van der Waals surface area contributed by atoms with Crippen LogP contribution in [0.4, 0.5) is 16.0 Å². The van der Waals surface area contributed by atoms with Crippen LogP contribution in [0.5, 0.6) is 0 Å². The summed E-state index contributed by atoms with van der Waals surface area (Å²) in [5, 5.41) is 6.41. The number of benzene rings is 1. The summed E-state index contributed by atoms with van der Waals surface area (Å²) in [5.41, 5.74) is 7.39. The molecule has 0 amide bonds. The Balaban J connectivity index is 1.88. The summed E-state index contributed by atoms with van der Waals surface area (Å²) >= 11 is 0. The Labute approximate surface area is 145 Å². The van der Waals surface area contributed by atoms with Crippen molar-refractivity contribution in [3.8, 4) is 11.4 Å². The van der Waals surface area contributed by atoms with Crippen LogP contribution in [0.2, 0.25) is 0 Å². The average Bonchev–Trinajstić information content (AvgIpc) is 2.62. The van der Waals surface area contributed by atoms with E-state index in [1.165, 1.54) is 12.1 Å². The lowest BCUT2D eigenvalue weighted by Gasteiger charge is -2.20. The predicted octanol–water partition coefficient (Wildman–Crippen LogP) is 2.63. The number of nitrogen functional groups attached to an aromatic ring is 1. The Bertz CT molecular complexity index is 854. The van der Waals surface area contributed by atoms with E-state index < -0.39 is 0 Å². The molecule has 0 fully saturated rings. The molecule has 4 N–H and O–H groups in total. The van der Waals surface area contributed by atoms with Gasteiger partial charge in [-0.1, -0.05) is 12.1 Å². The molecule has 0 saturated carbocycles. The van der Waals surface area contributed by atoms with Gasteiger partial charge in [-0.05, 0) is 42.9 Å². The second kappa shape index (κ2) is 7.67. The lowest BCUT2D eigenvalue weighted by atomic mass is 10.1. The van der Waals surface area contributed by atoms with Gasteiger partial charge in [-0.2, -0.15) is 0 Å². The quantitative estimate of drug-likeness (QED) is 0.640. The SMILES string of the molecule is CNC[C@@H](Nc1ccnc(-c2cccnc2N)n1)c1cccc(F)c1. The molecule has 0 aliphatic carbocycles. The Morgan fingerprint density at radius 1 is 1.12 bits per heavy atom. The maximum atomic E-state index is 13.5. The van der Waals surface area contributed by atoms with Crippen LogP contribution in [-0.4, -0.2) is 28.5 Å². The maximum absolute atomic E-state index is 13.5. The molecule has 6 nitrogen and oxygen atoms in total. The van der Waals surface area contributed by atoms with Crippen LogP contribution >= 0.6 is 0 Å². The van der Waals surface area contributed by atoms with Crippen LogP contribution in [0, 0.1) is 5.82 Å². The zero-order valence-corrected chi connectivity index (χ0v) is 13.8. The Kier molecular flexibility index (Phi) is 5.15. The van der Waals surface area contributed by atoms with Crippen molar-refractivity contribution in [3.05, 3.63) is 66.2 Å². The second-order valence-corrected chi connectivity index (χ2v) is 5.51. The third-order valence-electron chi connectivity index (χ3n) is 3.72. The van der Waals surface area contributed by atoms with Crippen molar-refractivity contribution in [2.24, 2.45) is 0 Å². The molecule has 0 saturated heterocycles. The minimum absolute atomic E-state index is 0.144. The third-order valence-corrected chi connectivity index (χ3v) is 3.72. The number of pyridine rings is 1. The van der Waals surface area contributed by atoms with E-state index in [9.17, 15) is 4.39 Å². The zero-order chi connectivity index (χ0) is 17.6. The van der Waals surface area contributed by atoms with E-state index in [1.807, 2.05) is 19.2 Å². The van der Waals surface area contributed by atoms with E-state index in [1.54, 1.807) is 30.6 Å². The molecule has 1 atom stereocenters. The summed E-state index contributed by atoms with van der Waals surface area (Å²) in [6, 6.07) is 11.7. The van der Waals surface area contributed by atoms with Gasteiger partial charge in [-0.3, -0.25) is 0 Å². The molecular formula is C18H19FN6. The van der Waals surface area contributed by atoms with Gasteiger partial charge in [0.15, 0.2) is 5.82 Å². The zero-order valence-electron chi connectivity index (χ0n) is 13.8. The van der Waals surface area contributed by atoms with Crippen molar-refractivity contribution < 1.29 is 4.39 Å². The first-order valence-electron chi connectivity index (χ1n) is 7.88. The smallest absolute Gasteiger partial charge is 0.165 e. The summed E-state index contributed by atoms with van der Waals surface area (Å²) in [5.74, 6) is 1.21. The Morgan fingerprint density at radius 3 is 2.76 bits per heavy atom. The largest absolute Gasteiger partial charge is 0.383 e. The molecule has 3 rings (SSSR count). The van der Waals surface area contributed by atoms with E-state index in [0.29, 0.717) is 29.6 Å². The molecular weight excluding hydrogens is 319 g/mol. The molecule has 128 valence electrons. The van der Waals surface area contributed by atoms with Gasteiger partial charge in [0.2, 0.25) is 0 Å². The number of anilines is 2. The summed E-state index contributed by atoms with van der Waals surface area (Å²) in [6.07, 6.45) is 3.27. The van der Waals surface area contributed by atoms with E-state index in [-0.39, 0.29) is 11.9 Å². The summed E-state index contributed by atoms with van der Waals surface area (Å²) in [7, 11) is 1.84. The fraction of sp³-hybridized carbons (Fsp3) is 0.167. The van der Waals surface area contributed by atoms with Crippen molar-refractivity contribution in [1.82, 2.24) is 20.3 Å². The van der Waals surface area contributed by atoms with Crippen LogP contribution < -0.4 is 16.4 Å². The highest BCUT2D eigenvalue weighted by Crippen LogP contribution is 2.23. The highest BCUT2D eigenvalue weighted by molar-refractivity contribution is 5.68. The van der Waals surface area contributed by atoms with Gasteiger partial charge < -0.3 is 16.4 Å². The van der Waals surface area contributed by atoms with Gasteiger partial charge in [-0.25, -0.2) is 19.3 Å². The van der Waals surface area contributed by atoms with Gasteiger partial charge in [0.25, 0.3) is 0 Å². The van der Waals surface area contributed by atoms with Gasteiger partial charge in [0.1, 0.15) is 17.5 Å². The minimum atomic E-state index is -0.271. The van der Waals surface area contributed by atoms with Gasteiger partial charge in [0, 0.05) is 18.9 Å².